The van der Waals surface area contributed by atoms with Gasteiger partial charge in [0.15, 0.2) is 0 Å². The number of hydrogen-bond donors (Lipinski definition) is 0. The van der Waals surface area contributed by atoms with E-state index < -0.39 is 23.0 Å². The average molecular weight is 439 g/mol. The van der Waals surface area contributed by atoms with E-state index in [4.69, 9.17) is 9.47 Å². The molecule has 1 atom stereocenters. The lowest BCUT2D eigenvalue weighted by atomic mass is 10.1. The number of nitro groups is 1. The average Bonchev–Trinajstić information content (AvgIpc) is 3.32. The number of esters is 1. The molecule has 0 spiro atoms. The highest BCUT2D eigenvalue weighted by Gasteiger charge is 2.38. The number of ether oxygens (including phenoxy) is 2. The second-order valence-corrected chi connectivity index (χ2v) is 7.00. The summed E-state index contributed by atoms with van der Waals surface area (Å²) in [6, 6.07) is 5.41. The van der Waals surface area contributed by atoms with Gasteiger partial charge in [-0.1, -0.05) is 0 Å². The third-order valence-electron chi connectivity index (χ3n) is 4.50. The Morgan fingerprint density at radius 3 is 2.59 bits per heavy atom. The summed E-state index contributed by atoms with van der Waals surface area (Å²) in [6.07, 6.45) is -1.24. The highest BCUT2D eigenvalue weighted by atomic mass is 16.6. The molecule has 0 saturated heterocycles. The van der Waals surface area contributed by atoms with Crippen molar-refractivity contribution in [1.82, 2.24) is 24.6 Å². The van der Waals surface area contributed by atoms with Crippen LogP contribution in [0.25, 0.3) is 5.78 Å². The van der Waals surface area contributed by atoms with E-state index in [1.807, 2.05) is 19.9 Å². The highest BCUT2D eigenvalue weighted by molar-refractivity contribution is 5.93. The van der Waals surface area contributed by atoms with E-state index in [1.165, 1.54) is 30.5 Å². The largest absolute Gasteiger partial charge is 0.443 e. The zero-order chi connectivity index (χ0) is 23.2. The van der Waals surface area contributed by atoms with E-state index in [2.05, 4.69) is 20.2 Å². The summed E-state index contributed by atoms with van der Waals surface area (Å²) in [5.74, 6) is -0.872. The van der Waals surface area contributed by atoms with Gasteiger partial charge < -0.3 is 9.47 Å². The number of hydrogen-bond acceptors (Lipinski definition) is 10. The van der Waals surface area contributed by atoms with Crippen LogP contribution in [0.1, 0.15) is 42.9 Å². The van der Waals surface area contributed by atoms with Gasteiger partial charge in [-0.05, 0) is 26.0 Å². The lowest BCUT2D eigenvalue weighted by Crippen LogP contribution is -2.26. The van der Waals surface area contributed by atoms with Crippen molar-refractivity contribution in [2.45, 2.75) is 33.9 Å². The fourth-order valence-electron chi connectivity index (χ4n) is 3.20. The zero-order valence-corrected chi connectivity index (χ0v) is 17.5. The molecule has 13 heteroatoms. The van der Waals surface area contributed by atoms with Gasteiger partial charge in [-0.15, -0.1) is 10.2 Å². The van der Waals surface area contributed by atoms with Gasteiger partial charge in [0.2, 0.25) is 18.0 Å². The second kappa shape index (κ2) is 7.68. The molecular weight excluding hydrogens is 422 g/mol. The van der Waals surface area contributed by atoms with Gasteiger partial charge >= 0.3 is 5.97 Å². The number of aromatic nitrogens is 4. The lowest BCUT2D eigenvalue weighted by Gasteiger charge is -2.20. The molecule has 32 heavy (non-hydrogen) atoms. The Kier molecular flexibility index (Phi) is 5.00. The summed E-state index contributed by atoms with van der Waals surface area (Å²) in [4.78, 5) is 43.1. The number of carbonyl (C=O) groups is 2. The standard InChI is InChI=1S/C19H17N7O6/c1-9-7-10(2)24-19(20-9)21-16(22-24)17-23-25(11(3)27)18(32-17)14-8-13(26(29)30)5-6-15(14)31-12(4)28/h5-8,18H,1-4H3/t18-/m0/s1. The second-order valence-electron chi connectivity index (χ2n) is 7.00. The van der Waals surface area contributed by atoms with Crippen LogP contribution in [0.5, 0.6) is 5.75 Å². The molecule has 13 nitrogen and oxygen atoms in total. The highest BCUT2D eigenvalue weighted by Crippen LogP contribution is 2.37. The molecule has 0 aliphatic carbocycles. The Morgan fingerprint density at radius 1 is 1.19 bits per heavy atom. The van der Waals surface area contributed by atoms with Gasteiger partial charge in [0.1, 0.15) is 5.75 Å². The topological polar surface area (TPSA) is 154 Å². The Morgan fingerprint density at radius 2 is 1.94 bits per heavy atom. The van der Waals surface area contributed by atoms with Crippen molar-refractivity contribution in [3.8, 4) is 5.75 Å². The summed E-state index contributed by atoms with van der Waals surface area (Å²) in [7, 11) is 0. The van der Waals surface area contributed by atoms with E-state index in [1.54, 1.807) is 0 Å². The van der Waals surface area contributed by atoms with Crippen molar-refractivity contribution >= 4 is 29.2 Å². The smallest absolute Gasteiger partial charge is 0.308 e. The first-order chi connectivity index (χ1) is 15.1. The van der Waals surface area contributed by atoms with Gasteiger partial charge in [0.05, 0.1) is 10.5 Å². The molecule has 0 radical (unpaired) electrons. The van der Waals surface area contributed by atoms with Crippen molar-refractivity contribution in [2.24, 2.45) is 5.10 Å². The summed E-state index contributed by atoms with van der Waals surface area (Å²) in [5, 5.41) is 20.7. The summed E-state index contributed by atoms with van der Waals surface area (Å²) in [5.41, 5.74) is 1.31. The molecule has 1 amide bonds. The molecule has 3 aromatic rings. The number of benzene rings is 1. The van der Waals surface area contributed by atoms with Crippen molar-refractivity contribution in [2.75, 3.05) is 0 Å². The Balaban J connectivity index is 1.78. The van der Waals surface area contributed by atoms with Crippen LogP contribution in [0.4, 0.5) is 5.69 Å². The molecule has 0 N–H and O–H groups in total. The van der Waals surface area contributed by atoms with Gasteiger partial charge in [-0.25, -0.2) is 9.50 Å². The Hall–Kier alpha value is -4.42. The van der Waals surface area contributed by atoms with Crippen LogP contribution in [0.3, 0.4) is 0 Å². The molecule has 0 saturated carbocycles. The van der Waals surface area contributed by atoms with E-state index in [0.717, 1.165) is 22.5 Å². The van der Waals surface area contributed by atoms with Gasteiger partial charge in [0.25, 0.3) is 17.4 Å². The molecule has 1 aromatic carbocycles. The third-order valence-corrected chi connectivity index (χ3v) is 4.50. The summed E-state index contributed by atoms with van der Waals surface area (Å²) >= 11 is 0. The number of carbonyl (C=O) groups excluding carboxylic acids is 2. The van der Waals surface area contributed by atoms with E-state index in [9.17, 15) is 19.7 Å². The third kappa shape index (κ3) is 3.71. The monoisotopic (exact) mass is 439 g/mol. The van der Waals surface area contributed by atoms with Crippen molar-refractivity contribution < 1.29 is 24.0 Å². The summed E-state index contributed by atoms with van der Waals surface area (Å²) in [6.45, 7) is 6.08. The van der Waals surface area contributed by atoms with Crippen LogP contribution in [0.15, 0.2) is 29.4 Å². The molecule has 1 aliphatic rings. The molecule has 1 aliphatic heterocycles. The molecule has 4 rings (SSSR count). The Labute approximate surface area is 180 Å². The number of nitro benzene ring substituents is 1. The minimum Gasteiger partial charge on any atom is -0.443 e. The first kappa shape index (κ1) is 20.8. The number of nitrogens with zero attached hydrogens (tertiary/aromatic N) is 7. The maximum Gasteiger partial charge on any atom is 0.308 e. The molecule has 2 aromatic heterocycles. The van der Waals surface area contributed by atoms with E-state index >= 15 is 0 Å². The predicted molar refractivity (Wildman–Crippen MR) is 108 cm³/mol. The van der Waals surface area contributed by atoms with Crippen LogP contribution < -0.4 is 4.74 Å². The van der Waals surface area contributed by atoms with Crippen molar-refractivity contribution in [1.29, 1.82) is 0 Å². The van der Waals surface area contributed by atoms with Crippen LogP contribution >= 0.6 is 0 Å². The first-order valence-electron chi connectivity index (χ1n) is 9.37. The molecule has 164 valence electrons. The minimum absolute atomic E-state index is 0.00750. The molecule has 0 bridgehead atoms. The fraction of sp³-hybridized carbons (Fsp3) is 0.263. The number of rotatable bonds is 4. The fourth-order valence-corrected chi connectivity index (χ4v) is 3.20. The quantitative estimate of drug-likeness (QED) is 0.256. The van der Waals surface area contributed by atoms with E-state index in [0.29, 0.717) is 5.78 Å². The number of aryl methyl sites for hydroxylation is 2. The van der Waals surface area contributed by atoms with Crippen molar-refractivity contribution in [3.63, 3.8) is 0 Å². The van der Waals surface area contributed by atoms with Gasteiger partial charge in [0, 0.05) is 37.4 Å². The Bertz CT molecular complexity index is 1310. The van der Waals surface area contributed by atoms with E-state index in [-0.39, 0.29) is 28.7 Å². The van der Waals surface area contributed by atoms with Gasteiger partial charge in [-0.2, -0.15) is 9.99 Å². The first-order valence-corrected chi connectivity index (χ1v) is 9.37. The van der Waals surface area contributed by atoms with Crippen molar-refractivity contribution in [3.05, 3.63) is 57.2 Å². The molecule has 3 heterocycles. The SMILES string of the molecule is CC(=O)Oc1ccc([N+](=O)[O-])cc1[C@@H]1OC(c2nc3nc(C)cc(C)n3n2)=NN1C(C)=O. The molecule has 0 fully saturated rings. The number of non-ortho nitro benzene ring substituents is 1. The number of amides is 1. The maximum atomic E-state index is 12.3. The van der Waals surface area contributed by atoms with Gasteiger partial charge in [-0.3, -0.25) is 19.7 Å². The minimum atomic E-state index is -1.24. The predicted octanol–water partition coefficient (Wildman–Crippen LogP) is 1.81. The normalized spacial score (nSPS) is 15.4. The molecule has 0 unspecified atom stereocenters. The maximum absolute atomic E-state index is 12.3. The van der Waals surface area contributed by atoms with Crippen LogP contribution in [0.2, 0.25) is 0 Å². The zero-order valence-electron chi connectivity index (χ0n) is 17.5. The molecular formula is C19H17N7O6. The van der Waals surface area contributed by atoms with Crippen LogP contribution in [0, 0.1) is 24.0 Å². The number of fused-ring (bicyclic) bond motifs is 1. The number of hydrazone groups is 1. The lowest BCUT2D eigenvalue weighted by molar-refractivity contribution is -0.385. The van der Waals surface area contributed by atoms with Crippen LogP contribution in [-0.4, -0.2) is 47.3 Å². The summed E-state index contributed by atoms with van der Waals surface area (Å²) < 4.78 is 12.5. The van der Waals surface area contributed by atoms with Crippen LogP contribution in [-0.2, 0) is 14.3 Å².